The first-order valence-corrected chi connectivity index (χ1v) is 7.82. The van der Waals surface area contributed by atoms with E-state index in [1.807, 2.05) is 0 Å². The lowest BCUT2D eigenvalue weighted by atomic mass is 9.88. The van der Waals surface area contributed by atoms with Crippen LogP contribution in [-0.4, -0.2) is 31.4 Å². The van der Waals surface area contributed by atoms with Crippen molar-refractivity contribution in [1.82, 2.24) is 0 Å². The molecule has 1 aliphatic heterocycles. The van der Waals surface area contributed by atoms with Crippen molar-refractivity contribution in [2.24, 2.45) is 0 Å². The number of hydrogen-bond acceptors (Lipinski definition) is 4. The molecule has 5 heteroatoms. The predicted molar refractivity (Wildman–Crippen MR) is 83.6 cm³/mol. The van der Waals surface area contributed by atoms with Crippen LogP contribution in [0.3, 0.4) is 0 Å². The van der Waals surface area contributed by atoms with Crippen LogP contribution in [0.4, 0.5) is 5.00 Å². The van der Waals surface area contributed by atoms with Crippen LogP contribution in [0, 0.1) is 0 Å². The molecular formula is C14H24BNO2S. The lowest BCUT2D eigenvalue weighted by molar-refractivity contribution is 0.00578. The van der Waals surface area contributed by atoms with Gasteiger partial charge in [-0.2, -0.15) is 0 Å². The normalized spacial score (nSPS) is 20.8. The van der Waals surface area contributed by atoms with Gasteiger partial charge in [0, 0.05) is 17.9 Å². The van der Waals surface area contributed by atoms with E-state index in [1.165, 1.54) is 5.00 Å². The minimum absolute atomic E-state index is 0.237. The van der Waals surface area contributed by atoms with Crippen LogP contribution in [0.25, 0.3) is 0 Å². The lowest BCUT2D eigenvalue weighted by Gasteiger charge is -2.32. The molecular weight excluding hydrogens is 257 g/mol. The highest BCUT2D eigenvalue weighted by Gasteiger charge is 2.52. The van der Waals surface area contributed by atoms with Gasteiger partial charge >= 0.3 is 7.12 Å². The highest BCUT2D eigenvalue weighted by Crippen LogP contribution is 2.37. The van der Waals surface area contributed by atoms with Gasteiger partial charge in [-0.05, 0) is 53.7 Å². The molecule has 106 valence electrons. The van der Waals surface area contributed by atoms with E-state index in [2.05, 4.69) is 58.6 Å². The molecule has 0 amide bonds. The van der Waals surface area contributed by atoms with Gasteiger partial charge in [-0.3, -0.25) is 0 Å². The summed E-state index contributed by atoms with van der Waals surface area (Å²) in [5, 5.41) is 1.29. The molecule has 2 heterocycles. The van der Waals surface area contributed by atoms with Crippen LogP contribution in [-0.2, 0) is 9.31 Å². The van der Waals surface area contributed by atoms with E-state index in [1.54, 1.807) is 11.3 Å². The van der Waals surface area contributed by atoms with Crippen molar-refractivity contribution in [3.05, 3.63) is 12.1 Å². The van der Waals surface area contributed by atoms with Gasteiger partial charge in [0.15, 0.2) is 0 Å². The first-order chi connectivity index (χ1) is 8.80. The topological polar surface area (TPSA) is 21.7 Å². The molecule has 0 aliphatic carbocycles. The third-order valence-electron chi connectivity index (χ3n) is 4.17. The zero-order valence-corrected chi connectivity index (χ0v) is 13.6. The van der Waals surface area contributed by atoms with E-state index in [0.717, 1.165) is 17.9 Å². The molecule has 0 unspecified atom stereocenters. The Kier molecular flexibility index (Phi) is 4.01. The number of anilines is 1. The van der Waals surface area contributed by atoms with Crippen molar-refractivity contribution in [3.63, 3.8) is 0 Å². The van der Waals surface area contributed by atoms with Gasteiger partial charge in [0.25, 0.3) is 0 Å². The van der Waals surface area contributed by atoms with Gasteiger partial charge in [0.1, 0.15) is 0 Å². The molecule has 0 radical (unpaired) electrons. The van der Waals surface area contributed by atoms with E-state index in [0.29, 0.717) is 0 Å². The average Bonchev–Trinajstić information content (AvgIpc) is 2.85. The van der Waals surface area contributed by atoms with E-state index in [9.17, 15) is 0 Å². The molecule has 2 rings (SSSR count). The van der Waals surface area contributed by atoms with Crippen molar-refractivity contribution in [3.8, 4) is 0 Å². The Morgan fingerprint density at radius 1 is 1.05 bits per heavy atom. The minimum Gasteiger partial charge on any atom is -0.399 e. The van der Waals surface area contributed by atoms with Crippen LogP contribution in [0.2, 0.25) is 0 Å². The second-order valence-corrected chi connectivity index (χ2v) is 7.03. The molecule has 1 aromatic heterocycles. The maximum Gasteiger partial charge on any atom is 0.505 e. The highest BCUT2D eigenvalue weighted by molar-refractivity contribution is 7.25. The van der Waals surface area contributed by atoms with Gasteiger partial charge in [0.2, 0.25) is 0 Å². The molecule has 0 atom stereocenters. The Hall–Kier alpha value is -0.515. The summed E-state index contributed by atoms with van der Waals surface area (Å²) in [5.74, 6) is 0. The monoisotopic (exact) mass is 281 g/mol. The van der Waals surface area contributed by atoms with Crippen LogP contribution < -0.4 is 9.68 Å². The van der Waals surface area contributed by atoms with Gasteiger partial charge in [-0.1, -0.05) is 0 Å². The standard InChI is InChI=1S/C14H24BNO2S/c1-7-16(8-2)12-10-9-11(19-12)15-17-13(3,4)14(5,6)18-15/h9-10H,7-8H2,1-6H3. The number of thiophene rings is 1. The first-order valence-electron chi connectivity index (χ1n) is 7.01. The quantitative estimate of drug-likeness (QED) is 0.792. The highest BCUT2D eigenvalue weighted by atomic mass is 32.1. The van der Waals surface area contributed by atoms with E-state index in [-0.39, 0.29) is 18.3 Å². The molecule has 0 saturated carbocycles. The SMILES string of the molecule is CCN(CC)c1ccc(B2OC(C)(C)C(C)(C)O2)s1. The van der Waals surface area contributed by atoms with Crippen LogP contribution in [0.1, 0.15) is 41.5 Å². The zero-order chi connectivity index (χ0) is 14.3. The van der Waals surface area contributed by atoms with Crippen LogP contribution >= 0.6 is 11.3 Å². The fraction of sp³-hybridized carbons (Fsp3) is 0.714. The van der Waals surface area contributed by atoms with Crippen molar-refractivity contribution >= 4 is 28.2 Å². The van der Waals surface area contributed by atoms with Gasteiger partial charge in [0.05, 0.1) is 16.2 Å². The van der Waals surface area contributed by atoms with E-state index in [4.69, 9.17) is 9.31 Å². The van der Waals surface area contributed by atoms with Gasteiger partial charge < -0.3 is 14.2 Å². The van der Waals surface area contributed by atoms with Crippen molar-refractivity contribution in [2.75, 3.05) is 18.0 Å². The number of nitrogens with zero attached hydrogens (tertiary/aromatic N) is 1. The Labute approximate surface area is 121 Å². The Balaban J connectivity index is 2.17. The van der Waals surface area contributed by atoms with Crippen LogP contribution in [0.15, 0.2) is 12.1 Å². The summed E-state index contributed by atoms with van der Waals surface area (Å²) in [6.45, 7) is 14.8. The third kappa shape index (κ3) is 2.69. The summed E-state index contributed by atoms with van der Waals surface area (Å²) >= 11 is 1.76. The summed E-state index contributed by atoms with van der Waals surface area (Å²) in [4.78, 5) is 2.35. The molecule has 1 aliphatic rings. The number of hydrogen-bond donors (Lipinski definition) is 0. The Morgan fingerprint density at radius 2 is 1.58 bits per heavy atom. The fourth-order valence-corrected chi connectivity index (χ4v) is 3.23. The smallest absolute Gasteiger partial charge is 0.399 e. The first kappa shape index (κ1) is 14.9. The second-order valence-electron chi connectivity index (χ2n) is 5.94. The Morgan fingerprint density at radius 3 is 2.05 bits per heavy atom. The predicted octanol–water partition coefficient (Wildman–Crippen LogP) is 2.89. The molecule has 0 aromatic carbocycles. The molecule has 1 aromatic rings. The molecule has 1 fully saturated rings. The summed E-state index contributed by atoms with van der Waals surface area (Å²) < 4.78 is 13.3. The maximum absolute atomic E-state index is 6.08. The van der Waals surface area contributed by atoms with Gasteiger partial charge in [-0.25, -0.2) is 0 Å². The molecule has 0 spiro atoms. The molecule has 19 heavy (non-hydrogen) atoms. The van der Waals surface area contributed by atoms with Crippen molar-refractivity contribution in [1.29, 1.82) is 0 Å². The van der Waals surface area contributed by atoms with E-state index >= 15 is 0 Å². The fourth-order valence-electron chi connectivity index (χ4n) is 2.13. The molecule has 0 N–H and O–H groups in total. The van der Waals surface area contributed by atoms with Gasteiger partial charge in [-0.15, -0.1) is 11.3 Å². The largest absolute Gasteiger partial charge is 0.505 e. The maximum atomic E-state index is 6.08. The summed E-state index contributed by atoms with van der Waals surface area (Å²) in [6.07, 6.45) is 0. The molecule has 3 nitrogen and oxygen atoms in total. The van der Waals surface area contributed by atoms with E-state index < -0.39 is 0 Å². The Bertz CT molecular complexity index is 424. The number of rotatable bonds is 4. The summed E-state index contributed by atoms with van der Waals surface area (Å²) in [6, 6.07) is 4.29. The summed E-state index contributed by atoms with van der Waals surface area (Å²) in [7, 11) is -0.237. The summed E-state index contributed by atoms with van der Waals surface area (Å²) in [5.41, 5.74) is -0.534. The lowest BCUT2D eigenvalue weighted by Crippen LogP contribution is -2.41. The van der Waals surface area contributed by atoms with Crippen molar-refractivity contribution in [2.45, 2.75) is 52.7 Å². The molecule has 0 bridgehead atoms. The second kappa shape index (κ2) is 5.11. The molecule has 1 saturated heterocycles. The zero-order valence-electron chi connectivity index (χ0n) is 12.8. The van der Waals surface area contributed by atoms with Crippen LogP contribution in [0.5, 0.6) is 0 Å². The third-order valence-corrected chi connectivity index (χ3v) is 5.34. The minimum atomic E-state index is -0.267. The average molecular weight is 281 g/mol. The van der Waals surface area contributed by atoms with Crippen molar-refractivity contribution < 1.29 is 9.31 Å².